The number of hydrogen-bond acceptors (Lipinski definition) is 2. The predicted octanol–water partition coefficient (Wildman–Crippen LogP) is 3.71. The Balaban J connectivity index is 1.92. The fourth-order valence-electron chi connectivity index (χ4n) is 2.05. The maximum absolute atomic E-state index is 13.5. The Kier molecular flexibility index (Phi) is 4.93. The minimum Gasteiger partial charge on any atom is -0.494 e. The quantitative estimate of drug-likeness (QED) is 0.910. The lowest BCUT2D eigenvalue weighted by Gasteiger charge is -2.08. The van der Waals surface area contributed by atoms with Gasteiger partial charge in [0.25, 0.3) is 0 Å². The summed E-state index contributed by atoms with van der Waals surface area (Å²) in [6, 6.07) is 12.3. The zero-order chi connectivity index (χ0) is 15.2. The van der Waals surface area contributed by atoms with E-state index in [0.29, 0.717) is 12.8 Å². The van der Waals surface area contributed by atoms with Gasteiger partial charge in [-0.2, -0.15) is 0 Å². The highest BCUT2D eigenvalue weighted by molar-refractivity contribution is 5.91. The summed E-state index contributed by atoms with van der Waals surface area (Å²) in [4.78, 5) is 11.9. The first-order chi connectivity index (χ1) is 10.1. The normalized spacial score (nSPS) is 10.2. The van der Waals surface area contributed by atoms with Crippen LogP contribution in [0, 0.1) is 12.7 Å². The lowest BCUT2D eigenvalue weighted by molar-refractivity contribution is -0.116. The molecule has 0 aliphatic carbocycles. The summed E-state index contributed by atoms with van der Waals surface area (Å²) in [5.74, 6) is -0.280. The lowest BCUT2D eigenvalue weighted by Crippen LogP contribution is -2.13. The molecule has 0 aliphatic heterocycles. The van der Waals surface area contributed by atoms with E-state index in [9.17, 15) is 9.18 Å². The minimum atomic E-state index is -0.408. The number of nitrogens with one attached hydrogen (secondary N) is 1. The van der Waals surface area contributed by atoms with Crippen molar-refractivity contribution in [3.8, 4) is 5.75 Å². The average molecular weight is 287 g/mol. The van der Waals surface area contributed by atoms with Gasteiger partial charge in [-0.1, -0.05) is 24.3 Å². The predicted molar refractivity (Wildman–Crippen MR) is 81.1 cm³/mol. The zero-order valence-corrected chi connectivity index (χ0v) is 12.2. The average Bonchev–Trinajstić information content (AvgIpc) is 2.48. The zero-order valence-electron chi connectivity index (χ0n) is 12.2. The molecule has 2 aromatic carbocycles. The maximum Gasteiger partial charge on any atom is 0.224 e. The van der Waals surface area contributed by atoms with Crippen molar-refractivity contribution in [1.29, 1.82) is 0 Å². The smallest absolute Gasteiger partial charge is 0.224 e. The van der Waals surface area contributed by atoms with Crippen LogP contribution in [0.2, 0.25) is 0 Å². The van der Waals surface area contributed by atoms with Gasteiger partial charge in [0, 0.05) is 12.1 Å². The van der Waals surface area contributed by atoms with Gasteiger partial charge in [-0.25, -0.2) is 4.39 Å². The number of rotatable bonds is 5. The first kappa shape index (κ1) is 15.0. The number of carbonyl (C=O) groups is 1. The van der Waals surface area contributed by atoms with Gasteiger partial charge >= 0.3 is 0 Å². The highest BCUT2D eigenvalue weighted by atomic mass is 19.1. The summed E-state index contributed by atoms with van der Waals surface area (Å²) in [5, 5.41) is 2.86. The summed E-state index contributed by atoms with van der Waals surface area (Å²) in [7, 11) is 1.42. The van der Waals surface area contributed by atoms with Gasteiger partial charge in [-0.15, -0.1) is 0 Å². The first-order valence-corrected chi connectivity index (χ1v) is 6.78. The minimum absolute atomic E-state index is 0.0828. The van der Waals surface area contributed by atoms with Crippen molar-refractivity contribution in [2.45, 2.75) is 19.8 Å². The molecule has 3 nitrogen and oxygen atoms in total. The fourth-order valence-corrected chi connectivity index (χ4v) is 2.05. The molecule has 0 bridgehead atoms. The molecule has 0 aliphatic rings. The van der Waals surface area contributed by atoms with Crippen molar-refractivity contribution >= 4 is 11.6 Å². The maximum atomic E-state index is 13.5. The molecule has 2 rings (SSSR count). The Morgan fingerprint density at radius 2 is 2.00 bits per heavy atom. The monoisotopic (exact) mass is 287 g/mol. The number of benzene rings is 2. The van der Waals surface area contributed by atoms with E-state index < -0.39 is 5.82 Å². The third-order valence-electron chi connectivity index (χ3n) is 3.28. The van der Waals surface area contributed by atoms with E-state index >= 15 is 0 Å². The number of ether oxygens (including phenoxy) is 1. The molecule has 4 heteroatoms. The number of hydrogen-bond donors (Lipinski definition) is 1. The van der Waals surface area contributed by atoms with Crippen LogP contribution in [0.15, 0.2) is 42.5 Å². The molecule has 0 atom stereocenters. The SMILES string of the molecule is COc1ccc(CCC(=O)Nc2ccccc2C)cc1F. The number of aryl methyl sites for hydroxylation is 2. The fraction of sp³-hybridized carbons (Fsp3) is 0.235. The summed E-state index contributed by atoms with van der Waals surface area (Å²) in [6.07, 6.45) is 0.790. The van der Waals surface area contributed by atoms with Gasteiger partial charge in [0.2, 0.25) is 5.91 Å². The van der Waals surface area contributed by atoms with E-state index in [1.165, 1.54) is 13.2 Å². The van der Waals surface area contributed by atoms with Gasteiger partial charge in [0.15, 0.2) is 11.6 Å². The van der Waals surface area contributed by atoms with Crippen LogP contribution in [-0.2, 0) is 11.2 Å². The largest absolute Gasteiger partial charge is 0.494 e. The number of methoxy groups -OCH3 is 1. The van der Waals surface area contributed by atoms with E-state index in [1.807, 2.05) is 31.2 Å². The Bertz CT molecular complexity index is 640. The van der Waals surface area contributed by atoms with Crippen LogP contribution in [0.25, 0.3) is 0 Å². The van der Waals surface area contributed by atoms with Gasteiger partial charge in [0.1, 0.15) is 0 Å². The second kappa shape index (κ2) is 6.88. The summed E-state index contributed by atoms with van der Waals surface area (Å²) < 4.78 is 18.4. The summed E-state index contributed by atoms with van der Waals surface area (Å²) in [6.45, 7) is 1.94. The lowest BCUT2D eigenvalue weighted by atomic mass is 10.1. The Labute approximate surface area is 123 Å². The molecule has 1 N–H and O–H groups in total. The van der Waals surface area contributed by atoms with Crippen LogP contribution in [0.4, 0.5) is 10.1 Å². The van der Waals surface area contributed by atoms with Crippen molar-refractivity contribution in [3.63, 3.8) is 0 Å². The number of halogens is 1. The Morgan fingerprint density at radius 3 is 2.67 bits per heavy atom. The van der Waals surface area contributed by atoms with Crippen molar-refractivity contribution in [2.75, 3.05) is 12.4 Å². The van der Waals surface area contributed by atoms with E-state index in [4.69, 9.17) is 4.74 Å². The molecule has 0 fully saturated rings. The van der Waals surface area contributed by atoms with Crippen LogP contribution in [0.3, 0.4) is 0 Å². The third kappa shape index (κ3) is 4.05. The van der Waals surface area contributed by atoms with Crippen LogP contribution in [0.1, 0.15) is 17.5 Å². The van der Waals surface area contributed by atoms with Gasteiger partial charge in [-0.05, 0) is 42.7 Å². The number of carbonyl (C=O) groups excluding carboxylic acids is 1. The molecule has 2 aromatic rings. The molecule has 0 spiro atoms. The number of para-hydroxylation sites is 1. The van der Waals surface area contributed by atoms with Crippen molar-refractivity contribution in [1.82, 2.24) is 0 Å². The van der Waals surface area contributed by atoms with Crippen molar-refractivity contribution in [2.24, 2.45) is 0 Å². The van der Waals surface area contributed by atoms with Gasteiger partial charge in [-0.3, -0.25) is 4.79 Å². The van der Waals surface area contributed by atoms with E-state index in [2.05, 4.69) is 5.32 Å². The van der Waals surface area contributed by atoms with E-state index in [0.717, 1.165) is 16.8 Å². The van der Waals surface area contributed by atoms with Crippen molar-refractivity contribution < 1.29 is 13.9 Å². The highest BCUT2D eigenvalue weighted by Crippen LogP contribution is 2.19. The first-order valence-electron chi connectivity index (χ1n) is 6.78. The van der Waals surface area contributed by atoms with Crippen LogP contribution < -0.4 is 10.1 Å². The van der Waals surface area contributed by atoms with E-state index in [1.54, 1.807) is 12.1 Å². The van der Waals surface area contributed by atoms with E-state index in [-0.39, 0.29) is 11.7 Å². The van der Waals surface area contributed by atoms with Crippen molar-refractivity contribution in [3.05, 3.63) is 59.4 Å². The molecule has 1 amide bonds. The molecule has 0 saturated carbocycles. The standard InChI is InChI=1S/C17H18FNO2/c1-12-5-3-4-6-15(12)19-17(20)10-8-13-7-9-16(21-2)14(18)11-13/h3-7,9,11H,8,10H2,1-2H3,(H,19,20). The molecule has 0 radical (unpaired) electrons. The summed E-state index contributed by atoms with van der Waals surface area (Å²) in [5.41, 5.74) is 2.60. The molecule has 110 valence electrons. The number of anilines is 1. The Hall–Kier alpha value is -2.36. The van der Waals surface area contributed by atoms with Gasteiger partial charge in [0.05, 0.1) is 7.11 Å². The molecular formula is C17H18FNO2. The molecular weight excluding hydrogens is 269 g/mol. The second-order valence-electron chi connectivity index (χ2n) is 4.83. The molecule has 21 heavy (non-hydrogen) atoms. The summed E-state index contributed by atoms with van der Waals surface area (Å²) >= 11 is 0. The molecule has 0 unspecified atom stereocenters. The third-order valence-corrected chi connectivity index (χ3v) is 3.28. The Morgan fingerprint density at radius 1 is 1.24 bits per heavy atom. The van der Waals surface area contributed by atoms with Crippen LogP contribution in [-0.4, -0.2) is 13.0 Å². The molecule has 0 heterocycles. The second-order valence-corrected chi connectivity index (χ2v) is 4.83. The van der Waals surface area contributed by atoms with Crippen LogP contribution >= 0.6 is 0 Å². The topological polar surface area (TPSA) is 38.3 Å². The molecule has 0 saturated heterocycles. The van der Waals surface area contributed by atoms with Crippen LogP contribution in [0.5, 0.6) is 5.75 Å². The number of amides is 1. The highest BCUT2D eigenvalue weighted by Gasteiger charge is 2.07. The van der Waals surface area contributed by atoms with Gasteiger partial charge < -0.3 is 10.1 Å². The molecule has 0 aromatic heterocycles.